The molecule has 5 heteroatoms. The number of rotatable bonds is 5. The molecule has 2 fully saturated rings. The smallest absolute Gasteiger partial charge is 0.244 e. The van der Waals surface area contributed by atoms with Gasteiger partial charge in [-0.1, -0.05) is 0 Å². The SMILES string of the molecule is O=C(C=Cc1ccsc1)NCC1CCN(C2CCSC2)CC1. The molecule has 1 atom stereocenters. The van der Waals surface area contributed by atoms with Crippen molar-refractivity contribution in [2.75, 3.05) is 31.1 Å². The second-order valence-corrected chi connectivity index (χ2v) is 8.06. The van der Waals surface area contributed by atoms with E-state index in [2.05, 4.69) is 22.0 Å². The van der Waals surface area contributed by atoms with Crippen molar-refractivity contribution >= 4 is 35.1 Å². The maximum Gasteiger partial charge on any atom is 0.244 e. The Kier molecular flexibility index (Phi) is 5.98. The van der Waals surface area contributed by atoms with Gasteiger partial charge in [0, 0.05) is 24.4 Å². The highest BCUT2D eigenvalue weighted by atomic mass is 32.2. The van der Waals surface area contributed by atoms with Gasteiger partial charge in [0.25, 0.3) is 0 Å². The first-order chi connectivity index (χ1) is 10.8. The number of hydrogen-bond donors (Lipinski definition) is 1. The van der Waals surface area contributed by atoms with Crippen molar-refractivity contribution in [2.24, 2.45) is 5.92 Å². The number of nitrogens with one attached hydrogen (secondary N) is 1. The molecule has 2 aliphatic heterocycles. The number of thioether (sulfide) groups is 1. The summed E-state index contributed by atoms with van der Waals surface area (Å²) >= 11 is 3.74. The third kappa shape index (κ3) is 4.61. The number of likely N-dealkylation sites (tertiary alicyclic amines) is 1. The van der Waals surface area contributed by atoms with Gasteiger partial charge in [-0.15, -0.1) is 0 Å². The highest BCUT2D eigenvalue weighted by Crippen LogP contribution is 2.26. The molecule has 1 amide bonds. The molecule has 3 nitrogen and oxygen atoms in total. The minimum atomic E-state index is 0.0285. The number of amides is 1. The van der Waals surface area contributed by atoms with Crippen molar-refractivity contribution in [2.45, 2.75) is 25.3 Å². The first-order valence-electron chi connectivity index (χ1n) is 8.11. The van der Waals surface area contributed by atoms with Crippen LogP contribution in [0.25, 0.3) is 6.08 Å². The number of piperidine rings is 1. The van der Waals surface area contributed by atoms with Gasteiger partial charge in [-0.25, -0.2) is 0 Å². The van der Waals surface area contributed by atoms with Gasteiger partial charge in [0.1, 0.15) is 0 Å². The Balaban J connectivity index is 1.35. The highest BCUT2D eigenvalue weighted by Gasteiger charge is 2.27. The summed E-state index contributed by atoms with van der Waals surface area (Å²) < 4.78 is 0. The van der Waals surface area contributed by atoms with Crippen molar-refractivity contribution in [3.05, 3.63) is 28.5 Å². The van der Waals surface area contributed by atoms with E-state index in [1.165, 1.54) is 43.9 Å². The molecule has 0 radical (unpaired) electrons. The molecule has 1 unspecified atom stereocenters. The fourth-order valence-electron chi connectivity index (χ4n) is 3.18. The zero-order valence-electron chi connectivity index (χ0n) is 12.9. The van der Waals surface area contributed by atoms with Crippen LogP contribution < -0.4 is 5.32 Å². The van der Waals surface area contributed by atoms with Gasteiger partial charge in [-0.3, -0.25) is 9.69 Å². The minimum Gasteiger partial charge on any atom is -0.352 e. The number of carbonyl (C=O) groups is 1. The topological polar surface area (TPSA) is 32.3 Å². The van der Waals surface area contributed by atoms with Gasteiger partial charge < -0.3 is 5.32 Å². The van der Waals surface area contributed by atoms with Crippen molar-refractivity contribution in [1.29, 1.82) is 0 Å². The second kappa shape index (κ2) is 8.18. The molecule has 0 aromatic carbocycles. The van der Waals surface area contributed by atoms with Crippen LogP contribution in [0.5, 0.6) is 0 Å². The van der Waals surface area contributed by atoms with E-state index in [0.717, 1.165) is 18.2 Å². The first-order valence-corrected chi connectivity index (χ1v) is 10.2. The van der Waals surface area contributed by atoms with Crippen molar-refractivity contribution in [3.63, 3.8) is 0 Å². The van der Waals surface area contributed by atoms with Gasteiger partial charge in [0.15, 0.2) is 0 Å². The molecule has 1 N–H and O–H groups in total. The summed E-state index contributed by atoms with van der Waals surface area (Å²) in [5, 5.41) is 7.12. The quantitative estimate of drug-likeness (QED) is 0.839. The van der Waals surface area contributed by atoms with Crippen LogP contribution in [0.3, 0.4) is 0 Å². The molecule has 0 bridgehead atoms. The molecule has 22 heavy (non-hydrogen) atoms. The maximum atomic E-state index is 11.8. The van der Waals surface area contributed by atoms with E-state index in [1.54, 1.807) is 17.4 Å². The van der Waals surface area contributed by atoms with Crippen LogP contribution >= 0.6 is 23.1 Å². The van der Waals surface area contributed by atoms with Crippen LogP contribution in [-0.4, -0.2) is 48.0 Å². The molecule has 1 aromatic heterocycles. The van der Waals surface area contributed by atoms with Gasteiger partial charge in [0.2, 0.25) is 5.91 Å². The Morgan fingerprint density at radius 3 is 2.91 bits per heavy atom. The molecule has 0 saturated carbocycles. The van der Waals surface area contributed by atoms with E-state index < -0.39 is 0 Å². The van der Waals surface area contributed by atoms with E-state index in [1.807, 2.05) is 22.9 Å². The Bertz CT molecular complexity index is 487. The zero-order valence-corrected chi connectivity index (χ0v) is 14.5. The van der Waals surface area contributed by atoms with Crippen LogP contribution in [-0.2, 0) is 4.79 Å². The lowest BCUT2D eigenvalue weighted by Gasteiger charge is -2.35. The molecule has 3 rings (SSSR count). The highest BCUT2D eigenvalue weighted by molar-refractivity contribution is 7.99. The molecule has 0 aliphatic carbocycles. The third-order valence-corrected chi connectivity index (χ3v) is 6.45. The lowest BCUT2D eigenvalue weighted by Crippen LogP contribution is -2.43. The molecular formula is C17H24N2OS2. The Morgan fingerprint density at radius 1 is 1.36 bits per heavy atom. The van der Waals surface area contributed by atoms with Crippen LogP contribution in [0.4, 0.5) is 0 Å². The van der Waals surface area contributed by atoms with E-state index in [9.17, 15) is 4.79 Å². The van der Waals surface area contributed by atoms with Gasteiger partial charge >= 0.3 is 0 Å². The fraction of sp³-hybridized carbons (Fsp3) is 0.588. The Hall–Kier alpha value is -0.780. The second-order valence-electron chi connectivity index (χ2n) is 6.13. The van der Waals surface area contributed by atoms with E-state index in [-0.39, 0.29) is 5.91 Å². The van der Waals surface area contributed by atoms with E-state index >= 15 is 0 Å². The molecule has 3 heterocycles. The molecule has 1 aromatic rings. The van der Waals surface area contributed by atoms with Crippen LogP contribution in [0.2, 0.25) is 0 Å². The number of nitrogens with zero attached hydrogens (tertiary/aromatic N) is 1. The summed E-state index contributed by atoms with van der Waals surface area (Å²) in [5.74, 6) is 3.32. The van der Waals surface area contributed by atoms with Gasteiger partial charge in [-0.05, 0) is 72.5 Å². The zero-order chi connectivity index (χ0) is 15.2. The first kappa shape index (κ1) is 16.1. The van der Waals surface area contributed by atoms with Gasteiger partial charge in [-0.2, -0.15) is 23.1 Å². The standard InChI is InChI=1S/C17H24N2OS2/c20-17(2-1-15-5-9-21-12-15)18-11-14-3-7-19(8-4-14)16-6-10-22-13-16/h1-2,5,9,12,14,16H,3-4,6-8,10-11,13H2,(H,18,20). The summed E-state index contributed by atoms with van der Waals surface area (Å²) in [4.78, 5) is 14.5. The number of hydrogen-bond acceptors (Lipinski definition) is 4. The van der Waals surface area contributed by atoms with Crippen molar-refractivity contribution in [1.82, 2.24) is 10.2 Å². The monoisotopic (exact) mass is 336 g/mol. The van der Waals surface area contributed by atoms with Gasteiger partial charge in [0.05, 0.1) is 0 Å². The molecule has 2 saturated heterocycles. The largest absolute Gasteiger partial charge is 0.352 e. The molecule has 2 aliphatic rings. The fourth-order valence-corrected chi connectivity index (χ4v) is 5.06. The van der Waals surface area contributed by atoms with Crippen LogP contribution in [0.15, 0.2) is 22.9 Å². The molecule has 120 valence electrons. The number of thiophene rings is 1. The van der Waals surface area contributed by atoms with Crippen LogP contribution in [0, 0.1) is 5.92 Å². The van der Waals surface area contributed by atoms with E-state index in [4.69, 9.17) is 0 Å². The van der Waals surface area contributed by atoms with Crippen molar-refractivity contribution < 1.29 is 4.79 Å². The lowest BCUT2D eigenvalue weighted by atomic mass is 9.95. The molecular weight excluding hydrogens is 312 g/mol. The predicted octanol–water partition coefficient (Wildman–Crippen LogP) is 3.10. The minimum absolute atomic E-state index is 0.0285. The van der Waals surface area contributed by atoms with Crippen molar-refractivity contribution in [3.8, 4) is 0 Å². The predicted molar refractivity (Wildman–Crippen MR) is 96.4 cm³/mol. The summed E-state index contributed by atoms with van der Waals surface area (Å²) in [7, 11) is 0. The average molecular weight is 337 g/mol. The summed E-state index contributed by atoms with van der Waals surface area (Å²) in [6, 6.07) is 2.83. The Labute approximate surface area is 141 Å². The Morgan fingerprint density at radius 2 is 2.23 bits per heavy atom. The average Bonchev–Trinajstić information content (AvgIpc) is 3.24. The van der Waals surface area contributed by atoms with E-state index in [0.29, 0.717) is 5.92 Å². The number of carbonyl (C=O) groups excluding carboxylic acids is 1. The summed E-state index contributed by atoms with van der Waals surface area (Å²) in [6.07, 6.45) is 7.32. The summed E-state index contributed by atoms with van der Waals surface area (Å²) in [6.45, 7) is 3.23. The maximum absolute atomic E-state index is 11.8. The van der Waals surface area contributed by atoms with Crippen LogP contribution in [0.1, 0.15) is 24.8 Å². The summed E-state index contributed by atoms with van der Waals surface area (Å²) in [5.41, 5.74) is 1.10. The molecule has 0 spiro atoms. The lowest BCUT2D eigenvalue weighted by molar-refractivity contribution is -0.116. The third-order valence-electron chi connectivity index (χ3n) is 4.61. The normalized spacial score (nSPS) is 24.1.